The molecule has 6 aromatic carbocycles. The third-order valence-electron chi connectivity index (χ3n) is 8.16. The van der Waals surface area contributed by atoms with Crippen molar-refractivity contribution in [3.63, 3.8) is 0 Å². The Labute approximate surface area is 245 Å². The lowest BCUT2D eigenvalue weighted by atomic mass is 9.78. The van der Waals surface area contributed by atoms with E-state index < -0.39 is 0 Å². The third-order valence-corrected chi connectivity index (χ3v) is 8.16. The fourth-order valence-electron chi connectivity index (χ4n) is 6.01. The van der Waals surface area contributed by atoms with Gasteiger partial charge in [0.1, 0.15) is 23.0 Å². The van der Waals surface area contributed by atoms with Crippen LogP contribution in [-0.2, 0) is 9.47 Å². The van der Waals surface area contributed by atoms with Crippen LogP contribution in [0.2, 0.25) is 0 Å². The molecular weight excluding hydrogens is 524 g/mol. The zero-order valence-electron chi connectivity index (χ0n) is 24.1. The summed E-state index contributed by atoms with van der Waals surface area (Å²) >= 11 is 0. The fraction of sp³-hybridized carbons (Fsp3) is 0.189. The van der Waals surface area contributed by atoms with E-state index in [9.17, 15) is 0 Å². The van der Waals surface area contributed by atoms with Crippen LogP contribution in [0.25, 0.3) is 32.3 Å². The van der Waals surface area contributed by atoms with Crippen LogP contribution in [0.1, 0.15) is 36.5 Å². The van der Waals surface area contributed by atoms with Crippen molar-refractivity contribution in [2.75, 3.05) is 14.2 Å². The maximum Gasteiger partial charge on any atom is 0.196 e. The molecule has 0 spiro atoms. The van der Waals surface area contributed by atoms with E-state index in [0.717, 1.165) is 55.7 Å². The van der Waals surface area contributed by atoms with Crippen LogP contribution in [0.4, 0.5) is 0 Å². The van der Waals surface area contributed by atoms with Crippen molar-refractivity contribution >= 4 is 32.3 Å². The monoisotopic (exact) mass is 556 g/mol. The second-order valence-corrected chi connectivity index (χ2v) is 10.7. The minimum Gasteiger partial charge on any atom is -0.465 e. The number of ether oxygens (including phenoxy) is 5. The molecule has 210 valence electrons. The maximum absolute atomic E-state index is 6.65. The molecule has 0 fully saturated rings. The van der Waals surface area contributed by atoms with E-state index >= 15 is 0 Å². The highest BCUT2D eigenvalue weighted by molar-refractivity contribution is 5.96. The highest BCUT2D eigenvalue weighted by atomic mass is 16.7. The summed E-state index contributed by atoms with van der Waals surface area (Å²) in [6.07, 6.45) is -0.680. The second kappa shape index (κ2) is 10.7. The normalized spacial score (nSPS) is 15.6. The van der Waals surface area contributed by atoms with Crippen molar-refractivity contribution in [3.05, 3.63) is 120 Å². The first kappa shape index (κ1) is 26.3. The Hall–Kier alpha value is -4.58. The Bertz CT molecular complexity index is 1840. The summed E-state index contributed by atoms with van der Waals surface area (Å²) in [6, 6.07) is 36.1. The first-order chi connectivity index (χ1) is 20.5. The van der Waals surface area contributed by atoms with Crippen LogP contribution in [0.5, 0.6) is 23.0 Å². The Morgan fingerprint density at radius 3 is 1.62 bits per heavy atom. The largest absolute Gasteiger partial charge is 0.465 e. The minimum absolute atomic E-state index is 0.0601. The zero-order valence-corrected chi connectivity index (χ0v) is 24.1. The molecule has 0 aliphatic carbocycles. The minimum atomic E-state index is -0.340. The molecule has 0 saturated carbocycles. The molecule has 0 N–H and O–H groups in total. The number of fused-ring (bicyclic) bond motifs is 7. The van der Waals surface area contributed by atoms with Gasteiger partial charge in [-0.2, -0.15) is 0 Å². The van der Waals surface area contributed by atoms with Gasteiger partial charge in [-0.25, -0.2) is 0 Å². The Balaban J connectivity index is 1.46. The van der Waals surface area contributed by atoms with Crippen LogP contribution >= 0.6 is 0 Å². The van der Waals surface area contributed by atoms with Gasteiger partial charge in [0.2, 0.25) is 0 Å². The van der Waals surface area contributed by atoms with E-state index in [1.54, 1.807) is 14.2 Å². The SMILES string of the molecule is COC(C)Oc1ccc2c3c(ccc2c1)Oc1ccc2cc(OC(C)OC)ccc2c1C3c1ccc2ccccc2c1. The predicted molar refractivity (Wildman–Crippen MR) is 167 cm³/mol. The summed E-state index contributed by atoms with van der Waals surface area (Å²) < 4.78 is 29.2. The molecule has 5 heteroatoms. The van der Waals surface area contributed by atoms with Crippen LogP contribution in [0.15, 0.2) is 103 Å². The van der Waals surface area contributed by atoms with E-state index in [1.807, 2.05) is 26.0 Å². The third kappa shape index (κ3) is 4.61. The molecule has 0 saturated heterocycles. The molecule has 1 heterocycles. The predicted octanol–water partition coefficient (Wildman–Crippen LogP) is 9.17. The second-order valence-electron chi connectivity index (χ2n) is 10.7. The number of benzene rings is 6. The molecule has 0 radical (unpaired) electrons. The average molecular weight is 557 g/mol. The lowest BCUT2D eigenvalue weighted by Crippen LogP contribution is -2.14. The van der Waals surface area contributed by atoms with Gasteiger partial charge in [-0.15, -0.1) is 0 Å². The Morgan fingerprint density at radius 2 is 1.07 bits per heavy atom. The number of hydrogen-bond acceptors (Lipinski definition) is 5. The van der Waals surface area contributed by atoms with Crippen LogP contribution in [0, 0.1) is 0 Å². The molecule has 7 rings (SSSR count). The summed E-state index contributed by atoms with van der Waals surface area (Å²) in [4.78, 5) is 0. The van der Waals surface area contributed by atoms with Gasteiger partial charge in [-0.3, -0.25) is 0 Å². The van der Waals surface area contributed by atoms with Crippen molar-refractivity contribution in [3.8, 4) is 23.0 Å². The van der Waals surface area contributed by atoms with Crippen LogP contribution in [0.3, 0.4) is 0 Å². The quantitative estimate of drug-likeness (QED) is 0.183. The standard InChI is InChI=1S/C37H32O5/c1-22(38-3)40-29-13-15-31-26(20-29)11-17-33-36(31)35(28-10-9-24-7-5-6-8-25(24)19-28)37-32-16-14-30(41-23(2)39-4)21-27(32)12-18-34(37)42-33/h5-23,35H,1-4H3. The van der Waals surface area contributed by atoms with E-state index in [-0.39, 0.29) is 18.5 Å². The molecule has 0 aromatic heterocycles. The fourth-order valence-corrected chi connectivity index (χ4v) is 6.01. The molecule has 2 atom stereocenters. The molecule has 42 heavy (non-hydrogen) atoms. The highest BCUT2D eigenvalue weighted by Gasteiger charge is 2.32. The first-order valence-corrected chi connectivity index (χ1v) is 14.2. The molecule has 5 nitrogen and oxygen atoms in total. The Kier molecular flexibility index (Phi) is 6.69. The van der Waals surface area contributed by atoms with Gasteiger partial charge in [0.05, 0.1) is 0 Å². The topological polar surface area (TPSA) is 46.2 Å². The molecule has 0 amide bonds. The summed E-state index contributed by atoms with van der Waals surface area (Å²) in [5.41, 5.74) is 3.49. The summed E-state index contributed by atoms with van der Waals surface area (Å²) in [7, 11) is 3.28. The Morgan fingerprint density at radius 1 is 0.548 bits per heavy atom. The molecule has 0 bridgehead atoms. The smallest absolute Gasteiger partial charge is 0.196 e. The molecule has 1 aliphatic rings. The van der Waals surface area contributed by atoms with E-state index in [2.05, 4.69) is 91.0 Å². The number of hydrogen-bond donors (Lipinski definition) is 0. The molecule has 2 unspecified atom stereocenters. The molecule has 1 aliphatic heterocycles. The first-order valence-electron chi connectivity index (χ1n) is 14.2. The summed E-state index contributed by atoms with van der Waals surface area (Å²) in [5.74, 6) is 3.19. The lowest BCUT2D eigenvalue weighted by Gasteiger charge is -2.31. The molecular formula is C37H32O5. The van der Waals surface area contributed by atoms with Crippen molar-refractivity contribution in [2.24, 2.45) is 0 Å². The van der Waals surface area contributed by atoms with Gasteiger partial charge in [0.25, 0.3) is 0 Å². The summed E-state index contributed by atoms with van der Waals surface area (Å²) in [6.45, 7) is 3.77. The van der Waals surface area contributed by atoms with Gasteiger partial charge >= 0.3 is 0 Å². The van der Waals surface area contributed by atoms with Gasteiger partial charge in [-0.05, 0) is 88.1 Å². The van der Waals surface area contributed by atoms with Crippen molar-refractivity contribution in [1.29, 1.82) is 0 Å². The van der Waals surface area contributed by atoms with Gasteiger partial charge in [-0.1, -0.05) is 66.7 Å². The van der Waals surface area contributed by atoms with E-state index in [1.165, 1.54) is 16.3 Å². The number of rotatable bonds is 7. The lowest BCUT2D eigenvalue weighted by molar-refractivity contribution is -0.0384. The maximum atomic E-state index is 6.65. The van der Waals surface area contributed by atoms with E-state index in [0.29, 0.717) is 0 Å². The zero-order chi connectivity index (χ0) is 28.8. The van der Waals surface area contributed by atoms with Crippen molar-refractivity contribution < 1.29 is 23.7 Å². The average Bonchev–Trinajstić information content (AvgIpc) is 3.02. The van der Waals surface area contributed by atoms with Crippen molar-refractivity contribution in [1.82, 2.24) is 0 Å². The van der Waals surface area contributed by atoms with Crippen molar-refractivity contribution in [2.45, 2.75) is 32.3 Å². The number of methoxy groups -OCH3 is 2. The van der Waals surface area contributed by atoms with Crippen LogP contribution in [-0.4, -0.2) is 26.8 Å². The van der Waals surface area contributed by atoms with Gasteiger partial charge in [0.15, 0.2) is 12.6 Å². The summed E-state index contributed by atoms with van der Waals surface area (Å²) in [5, 5.41) is 6.83. The molecule has 6 aromatic rings. The van der Waals surface area contributed by atoms with E-state index in [4.69, 9.17) is 23.7 Å². The van der Waals surface area contributed by atoms with Gasteiger partial charge in [0, 0.05) is 31.3 Å². The highest BCUT2D eigenvalue weighted by Crippen LogP contribution is 2.52. The van der Waals surface area contributed by atoms with Crippen LogP contribution < -0.4 is 14.2 Å². The van der Waals surface area contributed by atoms with Gasteiger partial charge < -0.3 is 23.7 Å².